The maximum atomic E-state index is 12.3. The van der Waals surface area contributed by atoms with Crippen LogP contribution < -0.4 is 15.5 Å². The van der Waals surface area contributed by atoms with Crippen LogP contribution >= 0.6 is 0 Å². The first-order chi connectivity index (χ1) is 13.9. The molecule has 0 heterocycles. The number of anilines is 3. The third kappa shape index (κ3) is 6.07. The van der Waals surface area contributed by atoms with Crippen molar-refractivity contribution < 1.29 is 19.1 Å². The van der Waals surface area contributed by atoms with Crippen LogP contribution in [-0.2, 0) is 14.3 Å². The molecule has 2 amide bonds. The lowest BCUT2D eigenvalue weighted by molar-refractivity contribution is -0.123. The van der Waals surface area contributed by atoms with Crippen LogP contribution in [0.4, 0.5) is 17.1 Å². The summed E-state index contributed by atoms with van der Waals surface area (Å²) in [6.45, 7) is 7.90. The Kier molecular flexibility index (Phi) is 7.77. The number of hydrogen-bond acceptors (Lipinski definition) is 5. The normalized spacial score (nSPS) is 10.2. The van der Waals surface area contributed by atoms with Gasteiger partial charge < -0.3 is 20.3 Å². The Labute approximate surface area is 171 Å². The Hall–Kier alpha value is -3.35. The maximum Gasteiger partial charge on any atom is 0.337 e. The number of benzene rings is 2. The number of carbonyl (C=O) groups is 3. The smallest absolute Gasteiger partial charge is 0.337 e. The number of nitrogens with one attached hydrogen (secondary N) is 2. The van der Waals surface area contributed by atoms with E-state index >= 15 is 0 Å². The highest BCUT2D eigenvalue weighted by Gasteiger charge is 2.13. The van der Waals surface area contributed by atoms with Gasteiger partial charge in [-0.2, -0.15) is 0 Å². The molecule has 0 atom stereocenters. The van der Waals surface area contributed by atoms with Crippen LogP contribution in [0.1, 0.15) is 36.2 Å². The number of nitrogens with zero attached hydrogens (tertiary/aromatic N) is 1. The maximum absolute atomic E-state index is 12.3. The van der Waals surface area contributed by atoms with Crippen LogP contribution in [0.25, 0.3) is 0 Å². The minimum Gasteiger partial charge on any atom is -0.465 e. The average molecular weight is 397 g/mol. The zero-order valence-electron chi connectivity index (χ0n) is 17.2. The van der Waals surface area contributed by atoms with E-state index in [0.717, 1.165) is 24.3 Å². The zero-order chi connectivity index (χ0) is 21.4. The number of methoxy groups -OCH3 is 1. The molecule has 29 heavy (non-hydrogen) atoms. The fraction of sp³-hybridized carbons (Fsp3) is 0.318. The molecular weight excluding hydrogens is 370 g/mol. The molecule has 0 bridgehead atoms. The van der Waals surface area contributed by atoms with Crippen LogP contribution in [-0.4, -0.2) is 38.0 Å². The second kappa shape index (κ2) is 10.3. The van der Waals surface area contributed by atoms with E-state index in [9.17, 15) is 14.4 Å². The molecule has 7 nitrogen and oxygen atoms in total. The second-order valence-electron chi connectivity index (χ2n) is 6.52. The molecule has 2 rings (SSSR count). The summed E-state index contributed by atoms with van der Waals surface area (Å²) in [7, 11) is 1.29. The quantitative estimate of drug-likeness (QED) is 0.525. The first-order valence-electron chi connectivity index (χ1n) is 9.51. The van der Waals surface area contributed by atoms with Gasteiger partial charge in [0.25, 0.3) is 0 Å². The highest BCUT2D eigenvalue weighted by atomic mass is 16.5. The van der Waals surface area contributed by atoms with E-state index in [2.05, 4.69) is 34.1 Å². The Bertz CT molecular complexity index is 891. The molecule has 0 fully saturated rings. The summed E-state index contributed by atoms with van der Waals surface area (Å²) < 4.78 is 4.66. The molecule has 2 N–H and O–H groups in total. The molecule has 0 unspecified atom stereocenters. The van der Waals surface area contributed by atoms with E-state index in [1.807, 2.05) is 25.1 Å². The predicted molar refractivity (Wildman–Crippen MR) is 114 cm³/mol. The van der Waals surface area contributed by atoms with Crippen molar-refractivity contribution in [3.05, 3.63) is 53.6 Å². The fourth-order valence-electron chi connectivity index (χ4n) is 2.96. The van der Waals surface area contributed by atoms with E-state index in [1.165, 1.54) is 13.2 Å². The van der Waals surface area contributed by atoms with Crippen molar-refractivity contribution in [2.75, 3.05) is 35.7 Å². The zero-order valence-corrected chi connectivity index (χ0v) is 17.2. The van der Waals surface area contributed by atoms with E-state index in [0.29, 0.717) is 16.9 Å². The fourth-order valence-corrected chi connectivity index (χ4v) is 2.96. The van der Waals surface area contributed by atoms with Crippen molar-refractivity contribution in [1.82, 2.24) is 0 Å². The summed E-state index contributed by atoms with van der Waals surface area (Å²) >= 11 is 0. The van der Waals surface area contributed by atoms with Gasteiger partial charge in [-0.1, -0.05) is 6.07 Å². The van der Waals surface area contributed by atoms with E-state index in [1.54, 1.807) is 18.2 Å². The summed E-state index contributed by atoms with van der Waals surface area (Å²) in [5, 5.41) is 5.39. The van der Waals surface area contributed by atoms with E-state index in [-0.39, 0.29) is 6.42 Å². The molecule has 154 valence electrons. The number of carbonyl (C=O) groups excluding carboxylic acids is 3. The largest absolute Gasteiger partial charge is 0.465 e. The summed E-state index contributed by atoms with van der Waals surface area (Å²) in [6, 6.07) is 12.2. The highest BCUT2D eigenvalue weighted by Crippen LogP contribution is 2.23. The van der Waals surface area contributed by atoms with Crippen LogP contribution in [0.2, 0.25) is 0 Å². The van der Waals surface area contributed by atoms with Crippen molar-refractivity contribution in [2.24, 2.45) is 0 Å². The van der Waals surface area contributed by atoms with Gasteiger partial charge in [-0.25, -0.2) is 4.79 Å². The average Bonchev–Trinajstić information content (AvgIpc) is 2.70. The van der Waals surface area contributed by atoms with Gasteiger partial charge in [0.05, 0.1) is 12.7 Å². The van der Waals surface area contributed by atoms with Gasteiger partial charge in [-0.05, 0) is 62.7 Å². The van der Waals surface area contributed by atoms with Crippen LogP contribution in [0.3, 0.4) is 0 Å². The summed E-state index contributed by atoms with van der Waals surface area (Å²) in [5.74, 6) is -1.38. The Morgan fingerprint density at radius 3 is 2.28 bits per heavy atom. The number of hydrogen-bond donors (Lipinski definition) is 2. The minimum absolute atomic E-state index is 0.318. The van der Waals surface area contributed by atoms with Gasteiger partial charge in [0.15, 0.2) is 0 Å². The molecule has 0 aromatic heterocycles. The van der Waals surface area contributed by atoms with Crippen LogP contribution in [0.15, 0.2) is 42.5 Å². The first-order valence-corrected chi connectivity index (χ1v) is 9.51. The Morgan fingerprint density at radius 2 is 1.66 bits per heavy atom. The lowest BCUT2D eigenvalue weighted by atomic mass is 10.1. The van der Waals surface area contributed by atoms with Gasteiger partial charge in [0, 0.05) is 30.2 Å². The number of esters is 1. The lowest BCUT2D eigenvalue weighted by Gasteiger charge is -2.22. The number of aryl methyl sites for hydroxylation is 1. The highest BCUT2D eigenvalue weighted by molar-refractivity contribution is 6.08. The topological polar surface area (TPSA) is 87.7 Å². The van der Waals surface area contributed by atoms with Crippen molar-refractivity contribution in [2.45, 2.75) is 27.2 Å². The Balaban J connectivity index is 1.97. The van der Waals surface area contributed by atoms with Crippen LogP contribution in [0.5, 0.6) is 0 Å². The molecule has 0 saturated heterocycles. The molecule has 7 heteroatoms. The minimum atomic E-state index is -0.498. The second-order valence-corrected chi connectivity index (χ2v) is 6.52. The SMILES string of the molecule is CCN(CC)c1ccc(NC(=O)CC(=O)Nc2cccc(C(=O)OC)c2)c(C)c1. The van der Waals surface area contributed by atoms with Crippen molar-refractivity contribution >= 4 is 34.8 Å². The third-order valence-electron chi connectivity index (χ3n) is 4.50. The summed E-state index contributed by atoms with van der Waals surface area (Å²) in [5.41, 5.74) is 3.43. The summed E-state index contributed by atoms with van der Waals surface area (Å²) in [6.07, 6.45) is -0.334. The molecule has 0 aliphatic rings. The van der Waals surface area contributed by atoms with Gasteiger partial charge in [0.2, 0.25) is 11.8 Å². The van der Waals surface area contributed by atoms with Crippen molar-refractivity contribution in [3.63, 3.8) is 0 Å². The molecule has 0 aliphatic heterocycles. The first kappa shape index (κ1) is 21.9. The predicted octanol–water partition coefficient (Wildman–Crippen LogP) is 3.60. The monoisotopic (exact) mass is 397 g/mol. The number of amides is 2. The lowest BCUT2D eigenvalue weighted by Crippen LogP contribution is -2.23. The van der Waals surface area contributed by atoms with Crippen LogP contribution in [0, 0.1) is 6.92 Å². The van der Waals surface area contributed by atoms with Gasteiger partial charge in [-0.3, -0.25) is 9.59 Å². The summed E-state index contributed by atoms with van der Waals surface area (Å²) in [4.78, 5) is 38.2. The van der Waals surface area contributed by atoms with Crippen molar-refractivity contribution in [3.8, 4) is 0 Å². The molecule has 0 saturated carbocycles. The van der Waals surface area contributed by atoms with E-state index < -0.39 is 17.8 Å². The standard InChI is InChI=1S/C22H27N3O4/c1-5-25(6-2)18-10-11-19(15(3)12-18)24-21(27)14-20(26)23-17-9-7-8-16(13-17)22(28)29-4/h7-13H,5-6,14H2,1-4H3,(H,23,26)(H,24,27). The van der Waals surface area contributed by atoms with Gasteiger partial charge >= 0.3 is 5.97 Å². The van der Waals surface area contributed by atoms with E-state index in [4.69, 9.17) is 0 Å². The van der Waals surface area contributed by atoms with Gasteiger partial charge in [-0.15, -0.1) is 0 Å². The number of ether oxygens (including phenoxy) is 1. The Morgan fingerprint density at radius 1 is 0.966 bits per heavy atom. The number of rotatable bonds is 8. The third-order valence-corrected chi connectivity index (χ3v) is 4.50. The molecule has 0 aliphatic carbocycles. The molecular formula is C22H27N3O4. The molecule has 2 aromatic rings. The molecule has 0 radical (unpaired) electrons. The van der Waals surface area contributed by atoms with Crippen molar-refractivity contribution in [1.29, 1.82) is 0 Å². The molecule has 2 aromatic carbocycles. The molecule has 0 spiro atoms. The van der Waals surface area contributed by atoms with Gasteiger partial charge in [0.1, 0.15) is 6.42 Å².